The van der Waals surface area contributed by atoms with Crippen LogP contribution in [0.15, 0.2) is 36.5 Å². The molecule has 1 atom stereocenters. The molecule has 0 spiro atoms. The smallest absolute Gasteiger partial charge is 0.325 e. The molecule has 1 saturated heterocycles. The largest absolute Gasteiger partial charge is 0.361 e. The number of fused-ring (bicyclic) bond motifs is 1. The van der Waals surface area contributed by atoms with Gasteiger partial charge in [-0.3, -0.25) is 14.5 Å². The number of amides is 3. The number of H-pyrrole nitrogens is 1. The molecular formula is C22H24N4O3. The third kappa shape index (κ3) is 3.22. The molecule has 1 unspecified atom stereocenters. The van der Waals surface area contributed by atoms with Gasteiger partial charge in [-0.1, -0.05) is 18.2 Å². The van der Waals surface area contributed by atoms with Crippen LogP contribution in [0.3, 0.4) is 0 Å². The van der Waals surface area contributed by atoms with Crippen LogP contribution in [0.5, 0.6) is 0 Å². The number of nitrogens with one attached hydrogen (secondary N) is 2. The molecule has 0 aliphatic carbocycles. The van der Waals surface area contributed by atoms with Crippen molar-refractivity contribution in [3.05, 3.63) is 59.0 Å². The third-order valence-corrected chi connectivity index (χ3v) is 5.70. The SMILES string of the molecule is CCn1c(C)cc(C(=O)CN2C(=O)NC(Cc3c[nH]c4ccccc34)C2=O)c1C. The Morgan fingerprint density at radius 2 is 1.93 bits per heavy atom. The summed E-state index contributed by atoms with van der Waals surface area (Å²) in [5.74, 6) is -0.591. The number of para-hydroxylation sites is 1. The molecule has 7 nitrogen and oxygen atoms in total. The summed E-state index contributed by atoms with van der Waals surface area (Å²) in [6, 6.07) is 8.46. The van der Waals surface area contributed by atoms with Crippen molar-refractivity contribution in [3.8, 4) is 0 Å². The van der Waals surface area contributed by atoms with E-state index in [-0.39, 0.29) is 18.2 Å². The van der Waals surface area contributed by atoms with E-state index in [1.807, 2.05) is 61.9 Å². The van der Waals surface area contributed by atoms with Crippen molar-refractivity contribution in [2.45, 2.75) is 39.8 Å². The number of carbonyl (C=O) groups is 3. The molecule has 4 rings (SSSR count). The van der Waals surface area contributed by atoms with Gasteiger partial charge in [0.25, 0.3) is 5.91 Å². The molecule has 1 fully saturated rings. The number of aryl methyl sites for hydroxylation is 1. The maximum absolute atomic E-state index is 12.8. The van der Waals surface area contributed by atoms with E-state index in [9.17, 15) is 14.4 Å². The Kier molecular flexibility index (Phi) is 4.74. The Bertz CT molecular complexity index is 1120. The van der Waals surface area contributed by atoms with Crippen molar-refractivity contribution in [1.29, 1.82) is 0 Å². The topological polar surface area (TPSA) is 87.2 Å². The zero-order chi connectivity index (χ0) is 20.7. The Morgan fingerprint density at radius 1 is 1.17 bits per heavy atom. The summed E-state index contributed by atoms with van der Waals surface area (Å²) in [4.78, 5) is 42.2. The number of benzene rings is 1. The number of rotatable bonds is 6. The first kappa shape index (κ1) is 19.0. The summed E-state index contributed by atoms with van der Waals surface area (Å²) in [6.07, 6.45) is 2.24. The Balaban J connectivity index is 1.50. The molecule has 150 valence electrons. The van der Waals surface area contributed by atoms with Gasteiger partial charge >= 0.3 is 6.03 Å². The Hall–Kier alpha value is -3.35. The number of hydrogen-bond acceptors (Lipinski definition) is 3. The van der Waals surface area contributed by atoms with Crippen LogP contribution in [0.2, 0.25) is 0 Å². The molecule has 3 aromatic rings. The van der Waals surface area contributed by atoms with Gasteiger partial charge in [0.05, 0.1) is 6.54 Å². The van der Waals surface area contributed by atoms with Crippen LogP contribution in [0.25, 0.3) is 10.9 Å². The van der Waals surface area contributed by atoms with Gasteiger partial charge in [-0.2, -0.15) is 0 Å². The van der Waals surface area contributed by atoms with E-state index < -0.39 is 12.1 Å². The lowest BCUT2D eigenvalue weighted by Crippen LogP contribution is -2.36. The van der Waals surface area contributed by atoms with Crippen molar-refractivity contribution >= 4 is 28.6 Å². The van der Waals surface area contributed by atoms with Gasteiger partial charge in [0.2, 0.25) is 0 Å². The van der Waals surface area contributed by atoms with Crippen LogP contribution < -0.4 is 5.32 Å². The van der Waals surface area contributed by atoms with Gasteiger partial charge in [0.15, 0.2) is 5.78 Å². The lowest BCUT2D eigenvalue weighted by molar-refractivity contribution is -0.127. The molecule has 7 heteroatoms. The summed E-state index contributed by atoms with van der Waals surface area (Å²) in [7, 11) is 0. The predicted octanol–water partition coefficient (Wildman–Crippen LogP) is 2.95. The van der Waals surface area contributed by atoms with Crippen molar-refractivity contribution in [3.63, 3.8) is 0 Å². The van der Waals surface area contributed by atoms with Crippen molar-refractivity contribution in [2.24, 2.45) is 0 Å². The van der Waals surface area contributed by atoms with E-state index in [1.54, 1.807) is 0 Å². The second kappa shape index (κ2) is 7.24. The molecule has 3 amide bonds. The number of urea groups is 1. The molecule has 29 heavy (non-hydrogen) atoms. The van der Waals surface area contributed by atoms with Gasteiger partial charge in [-0.15, -0.1) is 0 Å². The van der Waals surface area contributed by atoms with E-state index in [1.165, 1.54) is 0 Å². The van der Waals surface area contributed by atoms with Crippen LogP contribution in [0, 0.1) is 13.8 Å². The minimum absolute atomic E-state index is 0.228. The second-order valence-corrected chi connectivity index (χ2v) is 7.44. The fourth-order valence-electron chi connectivity index (χ4n) is 4.18. The molecule has 2 aromatic heterocycles. The minimum atomic E-state index is -0.669. The monoisotopic (exact) mass is 392 g/mol. The third-order valence-electron chi connectivity index (χ3n) is 5.70. The van der Waals surface area contributed by atoms with E-state index in [0.29, 0.717) is 12.0 Å². The lowest BCUT2D eigenvalue weighted by Gasteiger charge is -2.12. The number of carbonyl (C=O) groups excluding carboxylic acids is 3. The number of ketones is 1. The van der Waals surface area contributed by atoms with Crippen molar-refractivity contribution < 1.29 is 14.4 Å². The summed E-state index contributed by atoms with van der Waals surface area (Å²) < 4.78 is 2.04. The second-order valence-electron chi connectivity index (χ2n) is 7.44. The molecule has 1 aliphatic heterocycles. The Labute approximate surface area is 168 Å². The van der Waals surface area contributed by atoms with Crippen LogP contribution in [-0.4, -0.2) is 44.8 Å². The fourth-order valence-corrected chi connectivity index (χ4v) is 4.18. The standard InChI is InChI=1S/C22H24N4O3/c1-4-25-13(2)9-17(14(25)3)20(27)12-26-21(28)19(24-22(26)29)10-15-11-23-18-8-6-5-7-16(15)18/h5-9,11,19,23H,4,10,12H2,1-3H3,(H,24,29). The molecular weight excluding hydrogens is 368 g/mol. The normalized spacial score (nSPS) is 16.7. The van der Waals surface area contributed by atoms with Crippen LogP contribution in [0.4, 0.5) is 4.79 Å². The predicted molar refractivity (Wildman–Crippen MR) is 110 cm³/mol. The van der Waals surface area contributed by atoms with Gasteiger partial charge in [-0.25, -0.2) is 4.79 Å². The highest BCUT2D eigenvalue weighted by Crippen LogP contribution is 2.22. The first-order chi connectivity index (χ1) is 13.9. The van der Waals surface area contributed by atoms with Crippen LogP contribution in [0.1, 0.15) is 34.2 Å². The molecule has 3 heterocycles. The highest BCUT2D eigenvalue weighted by atomic mass is 16.2. The highest BCUT2D eigenvalue weighted by molar-refractivity contribution is 6.09. The first-order valence-corrected chi connectivity index (χ1v) is 9.77. The number of aromatic nitrogens is 2. The van der Waals surface area contributed by atoms with E-state index in [4.69, 9.17) is 0 Å². The van der Waals surface area contributed by atoms with Crippen molar-refractivity contribution in [1.82, 2.24) is 19.8 Å². The van der Waals surface area contributed by atoms with E-state index >= 15 is 0 Å². The van der Waals surface area contributed by atoms with Gasteiger partial charge in [0.1, 0.15) is 6.04 Å². The van der Waals surface area contributed by atoms with E-state index in [2.05, 4.69) is 10.3 Å². The lowest BCUT2D eigenvalue weighted by atomic mass is 10.0. The summed E-state index contributed by atoms with van der Waals surface area (Å²) in [6.45, 7) is 6.36. The molecule has 1 aromatic carbocycles. The Morgan fingerprint density at radius 3 is 2.66 bits per heavy atom. The summed E-state index contributed by atoms with van der Waals surface area (Å²) in [5.41, 5.74) is 4.35. The van der Waals surface area contributed by atoms with Gasteiger partial charge in [0, 0.05) is 47.0 Å². The summed E-state index contributed by atoms with van der Waals surface area (Å²) >= 11 is 0. The van der Waals surface area contributed by atoms with E-state index in [0.717, 1.165) is 39.3 Å². The number of nitrogens with zero attached hydrogens (tertiary/aromatic N) is 2. The molecule has 0 bridgehead atoms. The minimum Gasteiger partial charge on any atom is -0.361 e. The average Bonchev–Trinajstić information content (AvgIpc) is 3.32. The quantitative estimate of drug-likeness (QED) is 0.499. The zero-order valence-electron chi connectivity index (χ0n) is 16.8. The zero-order valence-corrected chi connectivity index (χ0v) is 16.8. The number of imide groups is 1. The molecule has 0 saturated carbocycles. The van der Waals surface area contributed by atoms with Crippen LogP contribution in [-0.2, 0) is 17.8 Å². The number of hydrogen-bond donors (Lipinski definition) is 2. The molecule has 2 N–H and O–H groups in total. The maximum Gasteiger partial charge on any atom is 0.325 e. The van der Waals surface area contributed by atoms with Crippen molar-refractivity contribution in [2.75, 3.05) is 6.54 Å². The summed E-state index contributed by atoms with van der Waals surface area (Å²) in [5, 5.41) is 3.75. The number of Topliss-reactive ketones (excluding diaryl/α,β-unsaturated/α-hetero) is 1. The maximum atomic E-state index is 12.8. The first-order valence-electron chi connectivity index (χ1n) is 9.77. The highest BCUT2D eigenvalue weighted by Gasteiger charge is 2.39. The van der Waals surface area contributed by atoms with Crippen LogP contribution >= 0.6 is 0 Å². The average molecular weight is 392 g/mol. The fraction of sp³-hybridized carbons (Fsp3) is 0.318. The number of aromatic amines is 1. The van der Waals surface area contributed by atoms with Gasteiger partial charge in [-0.05, 0) is 38.5 Å². The molecule has 0 radical (unpaired) electrons. The van der Waals surface area contributed by atoms with Gasteiger partial charge < -0.3 is 14.9 Å². The molecule has 1 aliphatic rings.